The lowest BCUT2D eigenvalue weighted by atomic mass is 10.1. The average molecular weight is 318 g/mol. The summed E-state index contributed by atoms with van der Waals surface area (Å²) >= 11 is 1.45. The predicted octanol–water partition coefficient (Wildman–Crippen LogP) is 2.31. The molecule has 0 aliphatic carbocycles. The maximum Gasteiger partial charge on any atom is 0.252 e. The number of carbonyl (C=O) groups excluding carboxylic acids is 2. The summed E-state index contributed by atoms with van der Waals surface area (Å²) in [5, 5.41) is 18.2. The Labute approximate surface area is 133 Å². The van der Waals surface area contributed by atoms with Crippen molar-refractivity contribution in [1.29, 1.82) is 0 Å². The summed E-state index contributed by atoms with van der Waals surface area (Å²) in [5.74, 6) is -0.351. The van der Waals surface area contributed by atoms with Crippen molar-refractivity contribution in [2.75, 3.05) is 11.9 Å². The number of carbonyl (C=O) groups is 2. The first-order valence-electron chi connectivity index (χ1n) is 6.91. The van der Waals surface area contributed by atoms with Crippen molar-refractivity contribution in [3.05, 3.63) is 51.7 Å². The van der Waals surface area contributed by atoms with Gasteiger partial charge in [-0.15, -0.1) is 0 Å². The number of hydrogen-bond donors (Lipinski definition) is 3. The standard InChI is InChI=1S/C16H18N2O3S/c1-11-2-3-12(9-19)8-14(11)18-15(20)4-6-17-16(21)13-5-7-22-10-13/h2-3,5,7-8,10,19H,4,6,9H2,1H3,(H,17,21)(H,18,20). The van der Waals surface area contributed by atoms with Gasteiger partial charge in [0.05, 0.1) is 6.61 Å². The predicted molar refractivity (Wildman–Crippen MR) is 87.0 cm³/mol. The van der Waals surface area contributed by atoms with E-state index in [1.807, 2.05) is 24.4 Å². The number of rotatable bonds is 6. The molecule has 2 rings (SSSR count). The molecule has 5 nitrogen and oxygen atoms in total. The monoisotopic (exact) mass is 318 g/mol. The van der Waals surface area contributed by atoms with Crippen LogP contribution in [-0.4, -0.2) is 23.5 Å². The van der Waals surface area contributed by atoms with Gasteiger partial charge in [-0.05, 0) is 35.6 Å². The molecule has 116 valence electrons. The zero-order valence-electron chi connectivity index (χ0n) is 12.3. The fourth-order valence-corrected chi connectivity index (χ4v) is 2.54. The van der Waals surface area contributed by atoms with Gasteiger partial charge in [-0.25, -0.2) is 0 Å². The highest BCUT2D eigenvalue weighted by Gasteiger charge is 2.08. The third-order valence-electron chi connectivity index (χ3n) is 3.18. The number of amides is 2. The lowest BCUT2D eigenvalue weighted by Gasteiger charge is -2.10. The Hall–Kier alpha value is -2.18. The first kappa shape index (κ1) is 16.2. The number of hydrogen-bond acceptors (Lipinski definition) is 4. The minimum absolute atomic E-state index is 0.0696. The highest BCUT2D eigenvalue weighted by Crippen LogP contribution is 2.17. The molecule has 0 aliphatic rings. The Morgan fingerprint density at radius 2 is 2.09 bits per heavy atom. The quantitative estimate of drug-likeness (QED) is 0.765. The van der Waals surface area contributed by atoms with Crippen molar-refractivity contribution in [3.8, 4) is 0 Å². The summed E-state index contributed by atoms with van der Waals surface area (Å²) in [7, 11) is 0. The van der Waals surface area contributed by atoms with Crippen molar-refractivity contribution in [2.24, 2.45) is 0 Å². The van der Waals surface area contributed by atoms with Gasteiger partial charge < -0.3 is 15.7 Å². The van der Waals surface area contributed by atoms with Gasteiger partial charge in [0.15, 0.2) is 0 Å². The van der Waals surface area contributed by atoms with Crippen LogP contribution in [0.2, 0.25) is 0 Å². The largest absolute Gasteiger partial charge is 0.392 e. The third kappa shape index (κ3) is 4.41. The van der Waals surface area contributed by atoms with Gasteiger partial charge in [-0.3, -0.25) is 9.59 Å². The molecule has 0 spiro atoms. The van der Waals surface area contributed by atoms with E-state index < -0.39 is 0 Å². The molecule has 0 aliphatic heterocycles. The molecule has 1 aromatic heterocycles. The molecule has 0 saturated carbocycles. The van der Waals surface area contributed by atoms with Crippen LogP contribution in [0.3, 0.4) is 0 Å². The minimum atomic E-state index is -0.177. The zero-order chi connectivity index (χ0) is 15.9. The number of aryl methyl sites for hydroxylation is 1. The number of nitrogens with one attached hydrogen (secondary N) is 2. The average Bonchev–Trinajstić information content (AvgIpc) is 3.04. The second-order valence-electron chi connectivity index (χ2n) is 4.87. The molecule has 2 aromatic rings. The first-order valence-corrected chi connectivity index (χ1v) is 7.85. The Bertz CT molecular complexity index is 653. The fraction of sp³-hybridized carbons (Fsp3) is 0.250. The topological polar surface area (TPSA) is 78.4 Å². The van der Waals surface area contributed by atoms with E-state index in [0.29, 0.717) is 11.3 Å². The van der Waals surface area contributed by atoms with E-state index in [1.54, 1.807) is 17.5 Å². The molecule has 0 fully saturated rings. The van der Waals surface area contributed by atoms with Crippen LogP contribution in [0.4, 0.5) is 5.69 Å². The summed E-state index contributed by atoms with van der Waals surface area (Å²) < 4.78 is 0. The molecule has 0 atom stereocenters. The molecule has 2 amide bonds. The van der Waals surface area contributed by atoms with Gasteiger partial charge in [0.2, 0.25) is 5.91 Å². The van der Waals surface area contributed by atoms with Crippen LogP contribution in [0.1, 0.15) is 27.9 Å². The number of aliphatic hydroxyl groups excluding tert-OH is 1. The Morgan fingerprint density at radius 3 is 2.77 bits per heavy atom. The normalized spacial score (nSPS) is 10.3. The van der Waals surface area contributed by atoms with Crippen molar-refractivity contribution in [3.63, 3.8) is 0 Å². The second-order valence-corrected chi connectivity index (χ2v) is 5.65. The van der Waals surface area contributed by atoms with E-state index in [-0.39, 0.29) is 31.4 Å². The van der Waals surface area contributed by atoms with E-state index in [1.165, 1.54) is 11.3 Å². The molecular formula is C16H18N2O3S. The van der Waals surface area contributed by atoms with E-state index in [2.05, 4.69) is 10.6 Å². The summed E-state index contributed by atoms with van der Waals surface area (Å²) in [5.41, 5.74) is 2.96. The van der Waals surface area contributed by atoms with Crippen LogP contribution in [0.25, 0.3) is 0 Å². The minimum Gasteiger partial charge on any atom is -0.392 e. The van der Waals surface area contributed by atoms with Crippen molar-refractivity contribution in [2.45, 2.75) is 20.0 Å². The summed E-state index contributed by atoms with van der Waals surface area (Å²) in [4.78, 5) is 23.6. The Morgan fingerprint density at radius 1 is 1.27 bits per heavy atom. The van der Waals surface area contributed by atoms with Crippen molar-refractivity contribution < 1.29 is 14.7 Å². The smallest absolute Gasteiger partial charge is 0.252 e. The van der Waals surface area contributed by atoms with Gasteiger partial charge in [-0.2, -0.15) is 11.3 Å². The summed E-state index contributed by atoms with van der Waals surface area (Å²) in [6.07, 6.45) is 0.193. The van der Waals surface area contributed by atoms with Gasteiger partial charge in [0.1, 0.15) is 0 Å². The van der Waals surface area contributed by atoms with Crippen molar-refractivity contribution in [1.82, 2.24) is 5.32 Å². The maximum atomic E-state index is 11.9. The van der Waals surface area contributed by atoms with Gasteiger partial charge >= 0.3 is 0 Å². The van der Waals surface area contributed by atoms with Crippen LogP contribution in [-0.2, 0) is 11.4 Å². The Kier molecular flexibility index (Phi) is 5.68. The molecule has 6 heteroatoms. The van der Waals surface area contributed by atoms with Gasteiger partial charge in [0.25, 0.3) is 5.91 Å². The van der Waals surface area contributed by atoms with Gasteiger partial charge in [-0.1, -0.05) is 12.1 Å². The van der Waals surface area contributed by atoms with E-state index >= 15 is 0 Å². The third-order valence-corrected chi connectivity index (χ3v) is 3.86. The molecule has 0 saturated heterocycles. The van der Waals surface area contributed by atoms with Crippen LogP contribution in [0.15, 0.2) is 35.0 Å². The molecule has 0 radical (unpaired) electrons. The zero-order valence-corrected chi connectivity index (χ0v) is 13.1. The number of thiophene rings is 1. The first-order chi connectivity index (χ1) is 10.6. The number of aliphatic hydroxyl groups is 1. The SMILES string of the molecule is Cc1ccc(CO)cc1NC(=O)CCNC(=O)c1ccsc1. The highest BCUT2D eigenvalue weighted by molar-refractivity contribution is 7.08. The van der Waals surface area contributed by atoms with Crippen LogP contribution in [0, 0.1) is 6.92 Å². The van der Waals surface area contributed by atoms with E-state index in [0.717, 1.165) is 11.1 Å². The fourth-order valence-electron chi connectivity index (χ4n) is 1.90. The second kappa shape index (κ2) is 7.72. The van der Waals surface area contributed by atoms with Crippen LogP contribution < -0.4 is 10.6 Å². The number of benzene rings is 1. The molecule has 1 aromatic carbocycles. The molecular weight excluding hydrogens is 300 g/mol. The molecule has 0 bridgehead atoms. The summed E-state index contributed by atoms with van der Waals surface area (Å²) in [6, 6.07) is 7.15. The molecule has 0 unspecified atom stereocenters. The maximum absolute atomic E-state index is 11.9. The summed E-state index contributed by atoms with van der Waals surface area (Å²) in [6.45, 7) is 2.09. The lowest BCUT2D eigenvalue weighted by Crippen LogP contribution is -2.27. The van der Waals surface area contributed by atoms with E-state index in [9.17, 15) is 9.59 Å². The molecule has 22 heavy (non-hydrogen) atoms. The van der Waals surface area contributed by atoms with E-state index in [4.69, 9.17) is 5.11 Å². The van der Waals surface area contributed by atoms with Gasteiger partial charge in [0, 0.05) is 29.6 Å². The lowest BCUT2D eigenvalue weighted by molar-refractivity contribution is -0.116. The Balaban J connectivity index is 1.82. The van der Waals surface area contributed by atoms with Crippen molar-refractivity contribution >= 4 is 28.8 Å². The number of anilines is 1. The van der Waals surface area contributed by atoms with Crippen LogP contribution in [0.5, 0.6) is 0 Å². The highest BCUT2D eigenvalue weighted by atomic mass is 32.1. The van der Waals surface area contributed by atoms with Crippen LogP contribution >= 0.6 is 11.3 Å². The molecule has 1 heterocycles. The molecule has 3 N–H and O–H groups in total.